The smallest absolute Gasteiger partial charge is 0.222 e. The van der Waals surface area contributed by atoms with Gasteiger partial charge in [0.15, 0.2) is 0 Å². The predicted molar refractivity (Wildman–Crippen MR) is 56.3 cm³/mol. The monoisotopic (exact) mass is 214 g/mol. The van der Waals surface area contributed by atoms with Crippen LogP contribution in [0.1, 0.15) is 32.1 Å². The summed E-state index contributed by atoms with van der Waals surface area (Å²) in [6.07, 6.45) is 3.48. The van der Waals surface area contributed by atoms with Gasteiger partial charge in [0.25, 0.3) is 0 Å². The first-order valence-corrected chi connectivity index (χ1v) is 5.81. The highest BCUT2D eigenvalue weighted by atomic mass is 19.1. The number of alkyl halides is 1. The number of hydrogen-bond donors (Lipinski definition) is 1. The van der Waals surface area contributed by atoms with Gasteiger partial charge in [0.2, 0.25) is 5.91 Å². The maximum atomic E-state index is 13.3. The van der Waals surface area contributed by atoms with E-state index in [-0.39, 0.29) is 18.0 Å². The second-order valence-electron chi connectivity index (χ2n) is 4.66. The van der Waals surface area contributed by atoms with Crippen molar-refractivity contribution in [3.8, 4) is 0 Å². The summed E-state index contributed by atoms with van der Waals surface area (Å²) >= 11 is 0. The minimum absolute atomic E-state index is 0.0223. The van der Waals surface area contributed by atoms with E-state index in [1.54, 1.807) is 4.90 Å². The lowest BCUT2D eigenvalue weighted by atomic mass is 10.2. The van der Waals surface area contributed by atoms with Gasteiger partial charge in [-0.15, -0.1) is 0 Å². The Morgan fingerprint density at radius 1 is 1.47 bits per heavy atom. The molecule has 15 heavy (non-hydrogen) atoms. The molecule has 0 bridgehead atoms. The van der Waals surface area contributed by atoms with Gasteiger partial charge < -0.3 is 10.2 Å². The van der Waals surface area contributed by atoms with Crippen LogP contribution in [-0.4, -0.2) is 42.7 Å². The van der Waals surface area contributed by atoms with Crippen molar-refractivity contribution >= 4 is 5.91 Å². The quantitative estimate of drug-likeness (QED) is 0.762. The maximum Gasteiger partial charge on any atom is 0.222 e. The molecule has 1 heterocycles. The summed E-state index contributed by atoms with van der Waals surface area (Å²) in [6, 6.07) is 0.291. The summed E-state index contributed by atoms with van der Waals surface area (Å²) in [4.78, 5) is 13.1. The minimum atomic E-state index is -0.688. The number of nitrogens with zero attached hydrogens (tertiary/aromatic N) is 1. The van der Waals surface area contributed by atoms with Crippen molar-refractivity contribution in [3.05, 3.63) is 0 Å². The average molecular weight is 214 g/mol. The van der Waals surface area contributed by atoms with Crippen molar-refractivity contribution in [2.75, 3.05) is 13.6 Å². The van der Waals surface area contributed by atoms with Crippen molar-refractivity contribution < 1.29 is 9.18 Å². The zero-order chi connectivity index (χ0) is 10.8. The number of hydrogen-bond acceptors (Lipinski definition) is 2. The van der Waals surface area contributed by atoms with Crippen molar-refractivity contribution in [2.24, 2.45) is 0 Å². The second-order valence-corrected chi connectivity index (χ2v) is 4.66. The molecule has 0 spiro atoms. The summed E-state index contributed by atoms with van der Waals surface area (Å²) in [6.45, 7) is 0.743. The Bertz CT molecular complexity index is 247. The van der Waals surface area contributed by atoms with Gasteiger partial charge in [-0.1, -0.05) is 0 Å². The van der Waals surface area contributed by atoms with Crippen LogP contribution in [0, 0.1) is 0 Å². The fourth-order valence-corrected chi connectivity index (χ4v) is 2.53. The minimum Gasteiger partial charge on any atom is -0.341 e. The zero-order valence-corrected chi connectivity index (χ0v) is 9.21. The number of likely N-dealkylation sites (tertiary alicyclic amines) is 1. The van der Waals surface area contributed by atoms with Crippen LogP contribution in [0.3, 0.4) is 0 Å². The Morgan fingerprint density at radius 2 is 2.27 bits per heavy atom. The van der Waals surface area contributed by atoms with Crippen molar-refractivity contribution in [1.82, 2.24) is 10.2 Å². The highest BCUT2D eigenvalue weighted by Crippen LogP contribution is 2.23. The van der Waals surface area contributed by atoms with Gasteiger partial charge in [0.05, 0.1) is 0 Å². The molecule has 0 aromatic carbocycles. The fraction of sp³-hybridized carbons (Fsp3) is 0.909. The van der Waals surface area contributed by atoms with Crippen LogP contribution in [0.25, 0.3) is 0 Å². The molecule has 4 heteroatoms. The number of carbonyl (C=O) groups is 1. The molecular weight excluding hydrogens is 195 g/mol. The molecule has 3 unspecified atom stereocenters. The van der Waals surface area contributed by atoms with Crippen LogP contribution in [-0.2, 0) is 4.79 Å². The van der Waals surface area contributed by atoms with E-state index >= 15 is 0 Å². The molecule has 1 saturated heterocycles. The van der Waals surface area contributed by atoms with E-state index in [4.69, 9.17) is 0 Å². The Balaban J connectivity index is 1.76. The Morgan fingerprint density at radius 3 is 2.80 bits per heavy atom. The first kappa shape index (κ1) is 10.9. The van der Waals surface area contributed by atoms with Gasteiger partial charge in [0.1, 0.15) is 6.17 Å². The number of halogens is 1. The number of amides is 1. The van der Waals surface area contributed by atoms with Crippen LogP contribution in [0.2, 0.25) is 0 Å². The van der Waals surface area contributed by atoms with Gasteiger partial charge >= 0.3 is 0 Å². The largest absolute Gasteiger partial charge is 0.341 e. The number of carbonyl (C=O) groups excluding carboxylic acids is 1. The molecule has 0 aromatic heterocycles. The first-order valence-electron chi connectivity index (χ1n) is 5.81. The van der Waals surface area contributed by atoms with Gasteiger partial charge in [-0.2, -0.15) is 0 Å². The third-order valence-corrected chi connectivity index (χ3v) is 3.68. The molecule has 3 nitrogen and oxygen atoms in total. The van der Waals surface area contributed by atoms with Gasteiger partial charge in [-0.3, -0.25) is 4.79 Å². The van der Waals surface area contributed by atoms with E-state index in [2.05, 4.69) is 5.32 Å². The summed E-state index contributed by atoms with van der Waals surface area (Å²) < 4.78 is 13.3. The standard InChI is InChI=1S/C11H19FN2O/c1-14-8(5-6-11(14)15)7-13-10-4-2-3-9(10)12/h8-10,13H,2-7H2,1H3. The molecule has 1 aliphatic heterocycles. The Kier molecular flexibility index (Phi) is 3.24. The van der Waals surface area contributed by atoms with Gasteiger partial charge in [0, 0.05) is 32.1 Å². The SMILES string of the molecule is CN1C(=O)CCC1CNC1CCCC1F. The highest BCUT2D eigenvalue weighted by Gasteiger charge is 2.31. The lowest BCUT2D eigenvalue weighted by Gasteiger charge is -2.23. The maximum absolute atomic E-state index is 13.3. The number of likely N-dealkylation sites (N-methyl/N-ethyl adjacent to an activating group) is 1. The number of nitrogens with one attached hydrogen (secondary N) is 1. The first-order chi connectivity index (χ1) is 7.18. The molecule has 0 aromatic rings. The molecule has 2 aliphatic rings. The molecule has 0 radical (unpaired) electrons. The van der Waals surface area contributed by atoms with Crippen molar-refractivity contribution in [2.45, 2.75) is 50.4 Å². The molecule has 3 atom stereocenters. The van der Waals surface area contributed by atoms with E-state index < -0.39 is 6.17 Å². The van der Waals surface area contributed by atoms with E-state index in [1.807, 2.05) is 7.05 Å². The number of rotatable bonds is 3. The van der Waals surface area contributed by atoms with Crippen LogP contribution in [0.5, 0.6) is 0 Å². The summed E-state index contributed by atoms with van der Waals surface area (Å²) in [7, 11) is 1.84. The lowest BCUT2D eigenvalue weighted by molar-refractivity contribution is -0.127. The second kappa shape index (κ2) is 4.47. The lowest BCUT2D eigenvalue weighted by Crippen LogP contribution is -2.43. The van der Waals surface area contributed by atoms with Crippen LogP contribution >= 0.6 is 0 Å². The van der Waals surface area contributed by atoms with Crippen LogP contribution in [0.15, 0.2) is 0 Å². The summed E-state index contributed by atoms with van der Waals surface area (Å²) in [5, 5.41) is 3.26. The van der Waals surface area contributed by atoms with Crippen LogP contribution < -0.4 is 5.32 Å². The Hall–Kier alpha value is -0.640. The van der Waals surface area contributed by atoms with Gasteiger partial charge in [-0.25, -0.2) is 4.39 Å². The van der Waals surface area contributed by atoms with E-state index in [0.717, 1.165) is 25.8 Å². The molecule has 2 rings (SSSR count). The molecule has 86 valence electrons. The molecule has 1 aliphatic carbocycles. The van der Waals surface area contributed by atoms with Gasteiger partial charge in [-0.05, 0) is 25.7 Å². The molecule has 2 fully saturated rings. The molecule has 1 amide bonds. The average Bonchev–Trinajstić information content (AvgIpc) is 2.74. The topological polar surface area (TPSA) is 32.3 Å². The van der Waals surface area contributed by atoms with Crippen molar-refractivity contribution in [1.29, 1.82) is 0 Å². The van der Waals surface area contributed by atoms with Crippen LogP contribution in [0.4, 0.5) is 4.39 Å². The normalized spacial score (nSPS) is 36.5. The third-order valence-electron chi connectivity index (χ3n) is 3.68. The van der Waals surface area contributed by atoms with Crippen molar-refractivity contribution in [3.63, 3.8) is 0 Å². The summed E-state index contributed by atoms with van der Waals surface area (Å²) in [5.74, 6) is 0.213. The summed E-state index contributed by atoms with van der Waals surface area (Å²) in [5.41, 5.74) is 0. The molecule has 1 N–H and O–H groups in total. The molecule has 1 saturated carbocycles. The van der Waals surface area contributed by atoms with E-state index in [1.165, 1.54) is 0 Å². The van der Waals surface area contributed by atoms with E-state index in [9.17, 15) is 9.18 Å². The Labute approximate surface area is 90.0 Å². The fourth-order valence-electron chi connectivity index (χ4n) is 2.53. The van der Waals surface area contributed by atoms with E-state index in [0.29, 0.717) is 12.8 Å². The third kappa shape index (κ3) is 2.30. The zero-order valence-electron chi connectivity index (χ0n) is 9.21. The predicted octanol–water partition coefficient (Wildman–Crippen LogP) is 1.09. The molecular formula is C11H19FN2O. The highest BCUT2D eigenvalue weighted by molar-refractivity contribution is 5.78.